The summed E-state index contributed by atoms with van der Waals surface area (Å²) in [6, 6.07) is 7.02. The van der Waals surface area contributed by atoms with Crippen molar-refractivity contribution >= 4 is 21.9 Å². The highest BCUT2D eigenvalue weighted by atomic mass is 79.9. The van der Waals surface area contributed by atoms with E-state index >= 15 is 0 Å². The molecule has 0 radical (unpaired) electrons. The summed E-state index contributed by atoms with van der Waals surface area (Å²) >= 11 is 3.34. The molecule has 1 fully saturated rings. The van der Waals surface area contributed by atoms with Gasteiger partial charge in [-0.1, -0.05) is 15.9 Å². The van der Waals surface area contributed by atoms with Crippen LogP contribution in [0.5, 0.6) is 5.75 Å². The largest absolute Gasteiger partial charge is 0.489 e. The zero-order chi connectivity index (χ0) is 11.5. The van der Waals surface area contributed by atoms with Gasteiger partial charge in [0.25, 0.3) is 0 Å². The second kappa shape index (κ2) is 4.84. The van der Waals surface area contributed by atoms with Crippen molar-refractivity contribution < 1.29 is 14.6 Å². The summed E-state index contributed by atoms with van der Waals surface area (Å²) in [5.41, 5.74) is 0. The molecule has 1 aliphatic heterocycles. The standard InChI is InChI=1S/C11H12BrNO3/c12-7-1-3-8(4-2-7)16-9-5-10(11(14)15)13-6-9/h1-4,9-10,13H,5-6H2,(H,14,15). The number of carboxylic acid groups (broad SMARTS) is 1. The van der Waals surface area contributed by atoms with Gasteiger partial charge >= 0.3 is 5.97 Å². The minimum Gasteiger partial charge on any atom is -0.489 e. The molecule has 0 bridgehead atoms. The molecule has 1 heterocycles. The zero-order valence-corrected chi connectivity index (χ0v) is 10.1. The minimum absolute atomic E-state index is 0.0673. The predicted molar refractivity (Wildman–Crippen MR) is 62.6 cm³/mol. The van der Waals surface area contributed by atoms with Crippen molar-refractivity contribution in [2.45, 2.75) is 18.6 Å². The van der Waals surface area contributed by atoms with E-state index in [2.05, 4.69) is 21.2 Å². The third-order valence-corrected chi connectivity index (χ3v) is 3.03. The number of carbonyl (C=O) groups is 1. The average Bonchev–Trinajstić information content (AvgIpc) is 2.70. The van der Waals surface area contributed by atoms with Crippen LogP contribution in [0.25, 0.3) is 0 Å². The summed E-state index contributed by atoms with van der Waals surface area (Å²) in [4.78, 5) is 10.7. The van der Waals surface area contributed by atoms with Gasteiger partial charge in [-0.3, -0.25) is 4.79 Å². The minimum atomic E-state index is -0.818. The van der Waals surface area contributed by atoms with Gasteiger partial charge in [-0.15, -0.1) is 0 Å². The molecule has 5 heteroatoms. The van der Waals surface area contributed by atoms with Crippen molar-refractivity contribution in [1.82, 2.24) is 5.32 Å². The van der Waals surface area contributed by atoms with Crippen LogP contribution in [-0.2, 0) is 4.79 Å². The van der Waals surface area contributed by atoms with E-state index in [1.807, 2.05) is 24.3 Å². The summed E-state index contributed by atoms with van der Waals surface area (Å²) in [6.07, 6.45) is 0.438. The number of nitrogens with one attached hydrogen (secondary N) is 1. The van der Waals surface area contributed by atoms with Gasteiger partial charge in [-0.25, -0.2) is 0 Å². The van der Waals surface area contributed by atoms with E-state index in [0.717, 1.165) is 10.2 Å². The fourth-order valence-corrected chi connectivity index (χ4v) is 1.95. The Morgan fingerprint density at radius 3 is 2.69 bits per heavy atom. The summed E-state index contributed by atoms with van der Waals surface area (Å²) in [7, 11) is 0. The van der Waals surface area contributed by atoms with Crippen molar-refractivity contribution in [2.24, 2.45) is 0 Å². The summed E-state index contributed by atoms with van der Waals surface area (Å²) in [5, 5.41) is 11.7. The maximum atomic E-state index is 10.7. The number of carboxylic acids is 1. The highest BCUT2D eigenvalue weighted by molar-refractivity contribution is 9.10. The van der Waals surface area contributed by atoms with Crippen LogP contribution in [0.1, 0.15) is 6.42 Å². The lowest BCUT2D eigenvalue weighted by atomic mass is 10.2. The van der Waals surface area contributed by atoms with Crippen LogP contribution in [0.15, 0.2) is 28.7 Å². The van der Waals surface area contributed by atoms with Gasteiger partial charge < -0.3 is 15.2 Å². The molecule has 0 amide bonds. The smallest absolute Gasteiger partial charge is 0.320 e. The molecule has 2 N–H and O–H groups in total. The van der Waals surface area contributed by atoms with E-state index in [1.165, 1.54) is 0 Å². The normalized spacial score (nSPS) is 24.3. The molecule has 0 aromatic heterocycles. The Kier molecular flexibility index (Phi) is 3.46. The maximum Gasteiger partial charge on any atom is 0.320 e. The molecule has 1 saturated heterocycles. The Morgan fingerprint density at radius 1 is 1.44 bits per heavy atom. The van der Waals surface area contributed by atoms with Gasteiger partial charge in [-0.05, 0) is 24.3 Å². The Bertz CT molecular complexity index is 379. The first kappa shape index (κ1) is 11.4. The van der Waals surface area contributed by atoms with Gasteiger partial charge in [0.1, 0.15) is 17.9 Å². The van der Waals surface area contributed by atoms with Gasteiger partial charge in [0, 0.05) is 17.4 Å². The average molecular weight is 286 g/mol. The highest BCUT2D eigenvalue weighted by Gasteiger charge is 2.30. The molecule has 0 spiro atoms. The van der Waals surface area contributed by atoms with Crippen LogP contribution >= 0.6 is 15.9 Å². The van der Waals surface area contributed by atoms with Crippen molar-refractivity contribution in [2.75, 3.05) is 6.54 Å². The number of hydrogen-bond donors (Lipinski definition) is 2. The number of halogens is 1. The number of rotatable bonds is 3. The van der Waals surface area contributed by atoms with E-state index in [1.54, 1.807) is 0 Å². The van der Waals surface area contributed by atoms with Gasteiger partial charge in [0.15, 0.2) is 0 Å². The molecule has 2 atom stereocenters. The third kappa shape index (κ3) is 2.74. The van der Waals surface area contributed by atoms with E-state index in [-0.39, 0.29) is 6.10 Å². The van der Waals surface area contributed by atoms with E-state index < -0.39 is 12.0 Å². The Labute approximate surface area is 102 Å². The van der Waals surface area contributed by atoms with Crippen LogP contribution in [0.4, 0.5) is 0 Å². The fraction of sp³-hybridized carbons (Fsp3) is 0.364. The first-order valence-corrected chi connectivity index (χ1v) is 5.83. The van der Waals surface area contributed by atoms with Crippen LogP contribution in [0.3, 0.4) is 0 Å². The number of ether oxygens (including phenoxy) is 1. The molecule has 4 nitrogen and oxygen atoms in total. The first-order valence-electron chi connectivity index (χ1n) is 5.03. The lowest BCUT2D eigenvalue weighted by Gasteiger charge is -2.12. The molecule has 0 aliphatic carbocycles. The number of hydrogen-bond acceptors (Lipinski definition) is 3. The van der Waals surface area contributed by atoms with Crippen molar-refractivity contribution in [3.8, 4) is 5.75 Å². The monoisotopic (exact) mass is 285 g/mol. The Hall–Kier alpha value is -1.07. The lowest BCUT2D eigenvalue weighted by molar-refractivity contribution is -0.139. The molecule has 16 heavy (non-hydrogen) atoms. The van der Waals surface area contributed by atoms with Gasteiger partial charge in [-0.2, -0.15) is 0 Å². The molecule has 2 unspecified atom stereocenters. The van der Waals surface area contributed by atoms with E-state index in [9.17, 15) is 4.79 Å². The topological polar surface area (TPSA) is 58.6 Å². The summed E-state index contributed by atoms with van der Waals surface area (Å²) in [6.45, 7) is 0.576. The molecule has 1 aromatic carbocycles. The first-order chi connectivity index (χ1) is 7.65. The molecule has 0 saturated carbocycles. The molecular weight excluding hydrogens is 274 g/mol. The van der Waals surface area contributed by atoms with Crippen LogP contribution in [-0.4, -0.2) is 29.8 Å². The van der Waals surface area contributed by atoms with Gasteiger partial charge in [0.05, 0.1) is 0 Å². The second-order valence-corrected chi connectivity index (χ2v) is 4.64. The maximum absolute atomic E-state index is 10.7. The number of aliphatic carboxylic acids is 1. The molecule has 1 aromatic rings. The van der Waals surface area contributed by atoms with Crippen LogP contribution < -0.4 is 10.1 Å². The van der Waals surface area contributed by atoms with Crippen molar-refractivity contribution in [3.63, 3.8) is 0 Å². The Balaban J connectivity index is 1.92. The fourth-order valence-electron chi connectivity index (χ4n) is 1.69. The van der Waals surface area contributed by atoms with E-state index in [4.69, 9.17) is 9.84 Å². The second-order valence-electron chi connectivity index (χ2n) is 3.73. The molecule has 86 valence electrons. The van der Waals surface area contributed by atoms with Crippen molar-refractivity contribution in [3.05, 3.63) is 28.7 Å². The highest BCUT2D eigenvalue weighted by Crippen LogP contribution is 2.20. The van der Waals surface area contributed by atoms with Gasteiger partial charge in [0.2, 0.25) is 0 Å². The summed E-state index contributed by atoms with van der Waals surface area (Å²) < 4.78 is 6.66. The Morgan fingerprint density at radius 2 is 2.12 bits per heavy atom. The van der Waals surface area contributed by atoms with Crippen molar-refractivity contribution in [1.29, 1.82) is 0 Å². The predicted octanol–water partition coefficient (Wildman–Crippen LogP) is 1.64. The molecule has 1 aliphatic rings. The summed E-state index contributed by atoms with van der Waals surface area (Å²) in [5.74, 6) is -0.0528. The zero-order valence-electron chi connectivity index (χ0n) is 8.52. The SMILES string of the molecule is O=C(O)C1CC(Oc2ccc(Br)cc2)CN1. The third-order valence-electron chi connectivity index (χ3n) is 2.50. The lowest BCUT2D eigenvalue weighted by Crippen LogP contribution is -2.30. The molecule has 2 rings (SSSR count). The molecular formula is C11H12BrNO3. The van der Waals surface area contributed by atoms with Crippen LogP contribution in [0.2, 0.25) is 0 Å². The quantitative estimate of drug-likeness (QED) is 0.887. The van der Waals surface area contributed by atoms with Crippen LogP contribution in [0, 0.1) is 0 Å². The van der Waals surface area contributed by atoms with E-state index in [0.29, 0.717) is 13.0 Å². The number of benzene rings is 1.